The van der Waals surface area contributed by atoms with Crippen LogP contribution in [-0.4, -0.2) is 121 Å². The third kappa shape index (κ3) is 8.64. The summed E-state index contributed by atoms with van der Waals surface area (Å²) in [5.41, 5.74) is 5.55. The third-order valence-corrected chi connectivity index (χ3v) is 19.2. The topological polar surface area (TPSA) is 94.2 Å². The summed E-state index contributed by atoms with van der Waals surface area (Å²) in [7, 11) is 6.41. The van der Waals surface area contributed by atoms with Gasteiger partial charge in [-0.15, -0.1) is 0 Å². The van der Waals surface area contributed by atoms with Crippen molar-refractivity contribution in [1.82, 2.24) is 35.6 Å². The smallest absolute Gasteiger partial charge is 0.153 e. The van der Waals surface area contributed by atoms with Gasteiger partial charge in [-0.3, -0.25) is 24.5 Å². The minimum Gasteiger partial charge on any atom is -0.457 e. The summed E-state index contributed by atoms with van der Waals surface area (Å²) in [5, 5.41) is 13.5. The minimum atomic E-state index is -0.772. The Hall–Kier alpha value is -4.20. The maximum absolute atomic E-state index is 17.5. The number of benzene rings is 4. The molecule has 10 nitrogen and oxygen atoms in total. The van der Waals surface area contributed by atoms with Crippen molar-refractivity contribution >= 4 is 29.0 Å². The number of halogens is 2. The van der Waals surface area contributed by atoms with Crippen molar-refractivity contribution in [1.29, 1.82) is 0 Å². The van der Waals surface area contributed by atoms with Crippen LogP contribution in [0.15, 0.2) is 116 Å². The van der Waals surface area contributed by atoms with Gasteiger partial charge in [0.1, 0.15) is 11.5 Å². The van der Waals surface area contributed by atoms with Gasteiger partial charge in [-0.05, 0) is 150 Å². The van der Waals surface area contributed by atoms with Crippen LogP contribution in [0.1, 0.15) is 81.2 Å². The minimum absolute atomic E-state index is 0.00239. The van der Waals surface area contributed by atoms with Crippen molar-refractivity contribution in [3.8, 4) is 22.6 Å². The van der Waals surface area contributed by atoms with Crippen LogP contribution in [0.3, 0.4) is 0 Å². The number of ketones is 1. The summed E-state index contributed by atoms with van der Waals surface area (Å²) >= 11 is 13.3. The Kier molecular flexibility index (Phi) is 14.2. The summed E-state index contributed by atoms with van der Waals surface area (Å²) in [6.07, 6.45) is 10.5. The predicted molar refractivity (Wildman–Crippen MR) is 289 cm³/mol. The first kappa shape index (κ1) is 50.0. The van der Waals surface area contributed by atoms with E-state index in [2.05, 4.69) is 149 Å². The molecule has 5 saturated heterocycles. The van der Waals surface area contributed by atoms with E-state index in [1.165, 1.54) is 23.1 Å². The fraction of sp³-hybridized carbons (Fsp3) is 0.500. The number of rotatable bonds is 13. The monoisotopic (exact) mass is 1010 g/mol. The fourth-order valence-electron chi connectivity index (χ4n) is 15.3. The molecular weight excluding hydrogens is 938 g/mol. The number of hydrogen-bond donors (Lipinski definition) is 3. The van der Waals surface area contributed by atoms with Gasteiger partial charge in [-0.1, -0.05) is 90.8 Å². The summed E-state index contributed by atoms with van der Waals surface area (Å²) < 4.78 is 13.1. The van der Waals surface area contributed by atoms with Crippen LogP contribution in [0.2, 0.25) is 10.0 Å². The zero-order valence-corrected chi connectivity index (χ0v) is 44.4. The molecule has 0 radical (unpaired) electrons. The number of nitrogens with zero attached hydrogens (tertiary/aromatic N) is 4. The highest BCUT2D eigenvalue weighted by Crippen LogP contribution is 2.63. The highest BCUT2D eigenvalue weighted by Gasteiger charge is 2.77. The molecule has 1 spiro atoms. The van der Waals surface area contributed by atoms with Gasteiger partial charge < -0.3 is 25.4 Å². The van der Waals surface area contributed by atoms with Gasteiger partial charge >= 0.3 is 0 Å². The van der Waals surface area contributed by atoms with Gasteiger partial charge in [0, 0.05) is 114 Å². The van der Waals surface area contributed by atoms with Crippen molar-refractivity contribution in [2.75, 3.05) is 40.9 Å². The number of hydrogen-bond acceptors (Lipinski definition) is 10. The second-order valence-electron chi connectivity index (χ2n) is 22.3. The molecule has 0 amide bonds. The lowest BCUT2D eigenvalue weighted by molar-refractivity contribution is -0.154. The van der Waals surface area contributed by atoms with E-state index in [4.69, 9.17) is 32.7 Å². The first-order valence-electron chi connectivity index (χ1n) is 26.7. The molecule has 11 rings (SSSR count). The molecular formula is C60H73Cl2N7O3. The van der Waals surface area contributed by atoms with Gasteiger partial charge in [0.2, 0.25) is 0 Å². The zero-order valence-electron chi connectivity index (χ0n) is 42.9. The lowest BCUT2D eigenvalue weighted by Gasteiger charge is -2.57. The molecule has 2 bridgehead atoms. The number of methoxy groups -OCH3 is 1. The average Bonchev–Trinajstić information content (AvgIpc) is 4.13. The van der Waals surface area contributed by atoms with Crippen molar-refractivity contribution < 1.29 is 14.3 Å². The van der Waals surface area contributed by atoms with Gasteiger partial charge in [-0.2, -0.15) is 0 Å². The standard InChI is InChI=1S/C60H73Cl2N7O3/c1-7-59-54-29-43(26-39-12-9-8-10-13-39)56(59)67(4)37(2)32-65-53-31-48(27-40-15-20-46(61)21-16-40)68(5)57-51(36-71-6)66-55(60(53,57)58(59)70)38(3)69(54)35-42-17-22-47(62)30-52(42)72-49-23-18-41(19-24-49)44-28-45(34-63-33-44)50-14-11-25-64-50/h8-10,12-13,15-24,28,30,33-34,37-38,43,48,50-51,53-57,64-66H,7,11,14,25-27,29,31-32,35-36H2,1-6H3/t37-,38-,43+,48-,50?,51+,53?,54?,55?,56?,57?,59?,60?/m0/s1. The van der Waals surface area contributed by atoms with E-state index in [0.29, 0.717) is 30.0 Å². The Labute approximate surface area is 437 Å². The lowest BCUT2D eigenvalue weighted by atomic mass is 9.54. The molecule has 6 fully saturated rings. The van der Waals surface area contributed by atoms with E-state index >= 15 is 4.79 Å². The average molecular weight is 1010 g/mol. The highest BCUT2D eigenvalue weighted by atomic mass is 35.5. The van der Waals surface area contributed by atoms with Crippen LogP contribution in [0.25, 0.3) is 11.1 Å². The molecule has 4 aromatic carbocycles. The molecule has 6 aliphatic rings. The number of piperidine rings is 1. The number of carbonyl (C=O) groups is 1. The van der Waals surface area contributed by atoms with Crippen molar-refractivity contribution in [2.45, 2.75) is 133 Å². The van der Waals surface area contributed by atoms with Crippen molar-refractivity contribution in [3.63, 3.8) is 0 Å². The second-order valence-corrected chi connectivity index (χ2v) is 23.1. The Morgan fingerprint density at radius 3 is 2.32 bits per heavy atom. The molecule has 5 aromatic rings. The van der Waals surface area contributed by atoms with Crippen molar-refractivity contribution in [2.24, 2.45) is 16.7 Å². The second kappa shape index (κ2) is 20.5. The van der Waals surface area contributed by atoms with Crippen LogP contribution in [0.5, 0.6) is 11.5 Å². The SMILES string of the molecule is CCC12C(=O)C34C5C[C@H](Cc6ccc(Cl)cc6)N(C)C3[C@@H](COC)NC4[C@H](C)N(Cc3ccc(Cl)cc3Oc3ccc(-c4cncc(C6CCCN6)c4)cc3)C1C[C@@H](Cc1ccccc1)C2N(C)[C@@H](C)CN5. The Bertz CT molecular complexity index is 2710. The third-order valence-electron chi connectivity index (χ3n) is 18.7. The molecule has 380 valence electrons. The van der Waals surface area contributed by atoms with Crippen LogP contribution >= 0.6 is 23.2 Å². The summed E-state index contributed by atoms with van der Waals surface area (Å²) in [6.45, 7) is 10.0. The maximum atomic E-state index is 17.5. The van der Waals surface area contributed by atoms with E-state index in [1.54, 1.807) is 7.11 Å². The number of nitrogens with one attached hydrogen (secondary N) is 3. The first-order valence-corrected chi connectivity index (χ1v) is 27.5. The number of carbonyl (C=O) groups excluding carboxylic acids is 1. The number of Topliss-reactive ketones (excluding diaryl/α,β-unsaturated/α-hetero) is 1. The molecule has 72 heavy (non-hydrogen) atoms. The Morgan fingerprint density at radius 1 is 0.819 bits per heavy atom. The molecule has 1 saturated carbocycles. The molecule has 12 heteroatoms. The fourth-order valence-corrected chi connectivity index (χ4v) is 15.6. The molecule has 3 N–H and O–H groups in total. The van der Waals surface area contributed by atoms with Gasteiger partial charge in [-0.25, -0.2) is 0 Å². The molecule has 1 aliphatic carbocycles. The van der Waals surface area contributed by atoms with Crippen molar-refractivity contribution in [3.05, 3.63) is 148 Å². The van der Waals surface area contributed by atoms with E-state index in [9.17, 15) is 0 Å². The molecule has 6 heterocycles. The van der Waals surface area contributed by atoms with Crippen LogP contribution in [0.4, 0.5) is 0 Å². The van der Waals surface area contributed by atoms with E-state index < -0.39 is 10.8 Å². The number of aromatic nitrogens is 1. The van der Waals surface area contributed by atoms with Crippen LogP contribution in [-0.2, 0) is 28.9 Å². The van der Waals surface area contributed by atoms with Gasteiger partial charge in [0.25, 0.3) is 0 Å². The van der Waals surface area contributed by atoms with E-state index in [0.717, 1.165) is 84.8 Å². The molecule has 8 unspecified atom stereocenters. The van der Waals surface area contributed by atoms with Crippen LogP contribution in [0, 0.1) is 16.7 Å². The zero-order chi connectivity index (χ0) is 49.9. The lowest BCUT2D eigenvalue weighted by Crippen LogP contribution is -2.73. The summed E-state index contributed by atoms with van der Waals surface area (Å²) in [6, 6.07) is 36.2. The first-order chi connectivity index (χ1) is 34.9. The number of pyridine rings is 1. The normalized spacial score (nSPS) is 33.8. The number of likely N-dealkylation sites (N-methyl/N-ethyl adjacent to an activating group) is 2. The quantitative estimate of drug-likeness (QED) is 0.106. The number of ether oxygens (including phenoxy) is 2. The van der Waals surface area contributed by atoms with E-state index in [-0.39, 0.29) is 60.3 Å². The Morgan fingerprint density at radius 2 is 1.58 bits per heavy atom. The maximum Gasteiger partial charge on any atom is 0.153 e. The predicted octanol–water partition coefficient (Wildman–Crippen LogP) is 10.0. The highest BCUT2D eigenvalue weighted by molar-refractivity contribution is 6.31. The Balaban J connectivity index is 1.01. The summed E-state index contributed by atoms with van der Waals surface area (Å²) in [4.78, 5) is 30.1. The molecule has 13 atom stereocenters. The van der Waals surface area contributed by atoms with E-state index in [1.807, 2.05) is 36.7 Å². The van der Waals surface area contributed by atoms with Gasteiger partial charge in [0.15, 0.2) is 5.78 Å². The largest absolute Gasteiger partial charge is 0.457 e. The summed E-state index contributed by atoms with van der Waals surface area (Å²) in [5.74, 6) is 2.13. The molecule has 5 aliphatic heterocycles. The van der Waals surface area contributed by atoms with Gasteiger partial charge in [0.05, 0.1) is 17.4 Å². The molecule has 1 aromatic heterocycles. The number of likely N-dealkylation sites (tertiary alicyclic amines) is 2. The van der Waals surface area contributed by atoms with Crippen LogP contribution < -0.4 is 20.7 Å².